The summed E-state index contributed by atoms with van der Waals surface area (Å²) in [7, 11) is 1.38. The Labute approximate surface area is 214 Å². The Morgan fingerprint density at radius 3 is 2.35 bits per heavy atom. The van der Waals surface area contributed by atoms with Crippen LogP contribution in [0.2, 0.25) is 0 Å². The lowest BCUT2D eigenvalue weighted by molar-refractivity contribution is -0.149. The summed E-state index contributed by atoms with van der Waals surface area (Å²) in [5.74, 6) is -3.46. The van der Waals surface area contributed by atoms with Gasteiger partial charge in [-0.05, 0) is 44.0 Å². The number of phenolic OH excluding ortho intramolecular Hbond substituents is 1. The molecule has 0 aliphatic rings. The molecule has 0 fully saturated rings. The van der Waals surface area contributed by atoms with Gasteiger partial charge in [0, 0.05) is 12.5 Å². The number of aliphatic hydroxyl groups excluding tert-OH is 1. The molecule has 0 unspecified atom stereocenters. The first-order valence-electron chi connectivity index (χ1n) is 11.5. The zero-order chi connectivity index (χ0) is 27.8. The molecular weight excluding hydrogens is 490 g/mol. The summed E-state index contributed by atoms with van der Waals surface area (Å²) < 4.78 is 14.7. The third-order valence-corrected chi connectivity index (χ3v) is 4.72. The van der Waals surface area contributed by atoms with Gasteiger partial charge >= 0.3 is 11.9 Å². The first-order valence-corrected chi connectivity index (χ1v) is 11.5. The molecule has 37 heavy (non-hydrogen) atoms. The molecule has 0 aliphatic heterocycles. The number of phenols is 1. The van der Waals surface area contributed by atoms with Gasteiger partial charge in [0.2, 0.25) is 17.7 Å². The summed E-state index contributed by atoms with van der Waals surface area (Å²) >= 11 is 0. The molecule has 204 valence electrons. The lowest BCUT2D eigenvalue weighted by atomic mass is 10.1. The molecule has 0 aliphatic carbocycles. The fourth-order valence-electron chi connectivity index (χ4n) is 2.90. The molecule has 0 heterocycles. The van der Waals surface area contributed by atoms with Crippen LogP contribution in [0.4, 0.5) is 0 Å². The van der Waals surface area contributed by atoms with Crippen LogP contribution in [-0.4, -0.2) is 85.4 Å². The van der Waals surface area contributed by atoms with E-state index in [1.165, 1.54) is 25.3 Å². The fraction of sp³-hybridized carbons (Fsp3) is 0.458. The Balaban J connectivity index is 2.64. The van der Waals surface area contributed by atoms with E-state index in [9.17, 15) is 34.2 Å². The van der Waals surface area contributed by atoms with Crippen LogP contribution >= 0.6 is 0 Å². The first-order chi connectivity index (χ1) is 17.6. The monoisotopic (exact) mass is 523 g/mol. The maximum Gasteiger partial charge on any atom is 0.328 e. The van der Waals surface area contributed by atoms with Gasteiger partial charge in [0.25, 0.3) is 0 Å². The summed E-state index contributed by atoms with van der Waals surface area (Å²) in [5.41, 5.74) is 0.561. The molecule has 0 saturated carbocycles. The molecule has 1 aromatic rings. The largest absolute Gasteiger partial charge is 0.504 e. The molecule has 3 amide bonds. The van der Waals surface area contributed by atoms with E-state index >= 15 is 0 Å². The van der Waals surface area contributed by atoms with Gasteiger partial charge in [-0.25, -0.2) is 4.79 Å². The number of aromatic hydroxyl groups is 1. The number of ether oxygens (including phenoxy) is 3. The van der Waals surface area contributed by atoms with Crippen LogP contribution in [0, 0.1) is 0 Å². The van der Waals surface area contributed by atoms with Crippen molar-refractivity contribution in [2.75, 3.05) is 33.5 Å². The number of esters is 2. The van der Waals surface area contributed by atoms with Crippen molar-refractivity contribution in [3.8, 4) is 11.5 Å². The second-order valence-electron chi connectivity index (χ2n) is 7.44. The van der Waals surface area contributed by atoms with Gasteiger partial charge in [-0.1, -0.05) is 6.07 Å². The molecule has 5 N–H and O–H groups in total. The number of hydrogen-bond donors (Lipinski definition) is 5. The predicted molar refractivity (Wildman–Crippen MR) is 130 cm³/mol. The molecule has 1 rings (SSSR count). The van der Waals surface area contributed by atoms with Crippen LogP contribution in [-0.2, 0) is 33.4 Å². The third kappa shape index (κ3) is 11.4. The maximum atomic E-state index is 12.5. The smallest absolute Gasteiger partial charge is 0.328 e. The van der Waals surface area contributed by atoms with Crippen molar-refractivity contribution < 1.29 is 48.4 Å². The molecule has 2 atom stereocenters. The van der Waals surface area contributed by atoms with E-state index in [2.05, 4.69) is 16.0 Å². The van der Waals surface area contributed by atoms with E-state index in [0.717, 1.165) is 6.08 Å². The average Bonchev–Trinajstić information content (AvgIpc) is 2.87. The Bertz CT molecular complexity index is 980. The van der Waals surface area contributed by atoms with E-state index < -0.39 is 54.9 Å². The van der Waals surface area contributed by atoms with E-state index in [4.69, 9.17) is 14.2 Å². The average molecular weight is 524 g/mol. The Hall–Kier alpha value is -4.13. The van der Waals surface area contributed by atoms with Gasteiger partial charge in [0.15, 0.2) is 11.5 Å². The minimum Gasteiger partial charge on any atom is -0.504 e. The lowest BCUT2D eigenvalue weighted by Gasteiger charge is -2.21. The quantitative estimate of drug-likeness (QED) is 0.147. The second kappa shape index (κ2) is 16.5. The van der Waals surface area contributed by atoms with Gasteiger partial charge < -0.3 is 40.4 Å². The predicted octanol–water partition coefficient (Wildman–Crippen LogP) is -0.601. The number of nitrogens with one attached hydrogen (secondary N) is 3. The highest BCUT2D eigenvalue weighted by Crippen LogP contribution is 2.26. The van der Waals surface area contributed by atoms with Gasteiger partial charge in [-0.2, -0.15) is 0 Å². The van der Waals surface area contributed by atoms with E-state index in [0.29, 0.717) is 5.56 Å². The lowest BCUT2D eigenvalue weighted by Crippen LogP contribution is -2.54. The number of methoxy groups -OCH3 is 1. The molecule has 0 spiro atoms. The van der Waals surface area contributed by atoms with E-state index in [1.807, 2.05) is 0 Å². The van der Waals surface area contributed by atoms with Gasteiger partial charge in [-0.3, -0.25) is 19.2 Å². The number of carbonyl (C=O) groups excluding carboxylic acids is 5. The third-order valence-electron chi connectivity index (χ3n) is 4.72. The second-order valence-corrected chi connectivity index (χ2v) is 7.44. The Kier molecular flexibility index (Phi) is 13.8. The van der Waals surface area contributed by atoms with Crippen LogP contribution in [0.3, 0.4) is 0 Å². The molecule has 0 radical (unpaired) electrons. The molecule has 1 aromatic carbocycles. The number of amides is 3. The van der Waals surface area contributed by atoms with Crippen LogP contribution in [0.1, 0.15) is 32.3 Å². The number of benzene rings is 1. The Morgan fingerprint density at radius 1 is 1.03 bits per heavy atom. The standard InChI is InChI=1S/C24H33N3O10/c1-4-36-22(32)11-8-16(24(34)37-5-2)27-23(33)17(14-28)26-21(31)13-25-20(30)10-7-15-6-9-18(29)19(12-15)35-3/h6-7,9-10,12,16-17,28-29H,4-5,8,11,13-14H2,1-3H3,(H,25,30)(H,26,31)(H,27,33)/b10-7+/t16-,17+/m1/s1. The summed E-state index contributed by atoms with van der Waals surface area (Å²) in [6, 6.07) is 1.82. The summed E-state index contributed by atoms with van der Waals surface area (Å²) in [6.07, 6.45) is 2.32. The molecule has 0 aromatic heterocycles. The van der Waals surface area contributed by atoms with E-state index in [1.54, 1.807) is 19.9 Å². The molecule has 13 heteroatoms. The summed E-state index contributed by atoms with van der Waals surface area (Å²) in [6.45, 7) is 2.11. The van der Waals surface area contributed by atoms with E-state index in [-0.39, 0.29) is 37.6 Å². The number of aliphatic hydroxyl groups is 1. The topological polar surface area (TPSA) is 190 Å². The van der Waals surface area contributed by atoms with Crippen molar-refractivity contribution in [1.82, 2.24) is 16.0 Å². The van der Waals surface area contributed by atoms with Gasteiger partial charge in [-0.15, -0.1) is 0 Å². The van der Waals surface area contributed by atoms with Crippen molar-refractivity contribution in [3.05, 3.63) is 29.8 Å². The minimum absolute atomic E-state index is 0.0409. The normalized spacial score (nSPS) is 12.2. The van der Waals surface area contributed by atoms with Crippen molar-refractivity contribution in [2.45, 2.75) is 38.8 Å². The van der Waals surface area contributed by atoms with Crippen LogP contribution in [0.15, 0.2) is 24.3 Å². The zero-order valence-corrected chi connectivity index (χ0v) is 20.9. The van der Waals surface area contributed by atoms with Gasteiger partial charge in [0.05, 0.1) is 33.5 Å². The number of carbonyl (C=O) groups is 5. The van der Waals surface area contributed by atoms with Crippen molar-refractivity contribution >= 4 is 35.7 Å². The number of hydrogen-bond acceptors (Lipinski definition) is 10. The van der Waals surface area contributed by atoms with Gasteiger partial charge in [0.1, 0.15) is 12.1 Å². The fourth-order valence-corrected chi connectivity index (χ4v) is 2.90. The molecule has 0 saturated heterocycles. The zero-order valence-electron chi connectivity index (χ0n) is 20.9. The highest BCUT2D eigenvalue weighted by molar-refractivity contribution is 5.95. The number of rotatable bonds is 15. The van der Waals surface area contributed by atoms with Crippen LogP contribution in [0.5, 0.6) is 11.5 Å². The summed E-state index contributed by atoms with van der Waals surface area (Å²) in [4.78, 5) is 60.5. The molecular formula is C24H33N3O10. The van der Waals surface area contributed by atoms with Crippen molar-refractivity contribution in [1.29, 1.82) is 0 Å². The highest BCUT2D eigenvalue weighted by Gasteiger charge is 2.28. The minimum atomic E-state index is -1.43. The highest BCUT2D eigenvalue weighted by atomic mass is 16.5. The summed E-state index contributed by atoms with van der Waals surface area (Å²) in [5, 5.41) is 26.1. The molecule has 13 nitrogen and oxygen atoms in total. The van der Waals surface area contributed by atoms with Crippen LogP contribution < -0.4 is 20.7 Å². The molecule has 0 bridgehead atoms. The maximum absolute atomic E-state index is 12.5. The van der Waals surface area contributed by atoms with Crippen LogP contribution in [0.25, 0.3) is 6.08 Å². The Morgan fingerprint density at radius 2 is 1.73 bits per heavy atom. The first kappa shape index (κ1) is 30.9. The van der Waals surface area contributed by atoms with Crippen molar-refractivity contribution in [3.63, 3.8) is 0 Å². The van der Waals surface area contributed by atoms with Crippen molar-refractivity contribution in [2.24, 2.45) is 0 Å². The SMILES string of the molecule is CCOC(=O)CC[C@@H](NC(=O)[C@H](CO)NC(=O)CNC(=O)/C=C/c1ccc(O)c(OC)c1)C(=O)OCC.